The van der Waals surface area contributed by atoms with E-state index in [1.54, 1.807) is 25.1 Å². The van der Waals surface area contributed by atoms with Gasteiger partial charge in [-0.15, -0.1) is 0 Å². The van der Waals surface area contributed by atoms with E-state index in [0.717, 1.165) is 6.42 Å². The smallest absolute Gasteiger partial charge is 0.167 e. The van der Waals surface area contributed by atoms with Crippen molar-refractivity contribution in [2.24, 2.45) is 5.73 Å². The van der Waals surface area contributed by atoms with Crippen LogP contribution in [-0.2, 0) is 0 Å². The van der Waals surface area contributed by atoms with Crippen molar-refractivity contribution in [2.45, 2.75) is 13.3 Å². The minimum atomic E-state index is -0.278. The summed E-state index contributed by atoms with van der Waals surface area (Å²) >= 11 is 0. The summed E-state index contributed by atoms with van der Waals surface area (Å²) in [7, 11) is 0. The average Bonchev–Trinajstić information content (AvgIpc) is 2.13. The zero-order valence-electron chi connectivity index (χ0n) is 7.72. The molecule has 3 heteroatoms. The van der Waals surface area contributed by atoms with Gasteiger partial charge in [0.25, 0.3) is 0 Å². The van der Waals surface area contributed by atoms with Gasteiger partial charge in [0, 0.05) is 0 Å². The van der Waals surface area contributed by atoms with E-state index >= 15 is 0 Å². The van der Waals surface area contributed by atoms with Gasteiger partial charge in [-0.3, -0.25) is 0 Å². The largest absolute Gasteiger partial charge is 0.490 e. The molecule has 0 heterocycles. The molecular weight excluding hydrogens is 169 g/mol. The highest BCUT2D eigenvalue weighted by Crippen LogP contribution is 2.19. The maximum Gasteiger partial charge on any atom is 0.167 e. The fraction of sp³-hybridized carbons (Fsp3) is 0.400. The predicted molar refractivity (Wildman–Crippen MR) is 50.3 cm³/mol. The first-order valence-electron chi connectivity index (χ1n) is 4.33. The molecule has 1 aromatic rings. The van der Waals surface area contributed by atoms with Crippen LogP contribution in [0.3, 0.4) is 0 Å². The van der Waals surface area contributed by atoms with Gasteiger partial charge in [0.15, 0.2) is 11.6 Å². The molecule has 0 radical (unpaired) electrons. The van der Waals surface area contributed by atoms with Gasteiger partial charge < -0.3 is 10.5 Å². The molecule has 1 rings (SSSR count). The van der Waals surface area contributed by atoms with Gasteiger partial charge in [-0.2, -0.15) is 0 Å². The Morgan fingerprint density at radius 3 is 2.92 bits per heavy atom. The van der Waals surface area contributed by atoms with E-state index in [1.165, 1.54) is 0 Å². The Morgan fingerprint density at radius 2 is 2.23 bits per heavy atom. The lowest BCUT2D eigenvalue weighted by Crippen LogP contribution is -2.07. The zero-order valence-corrected chi connectivity index (χ0v) is 7.72. The quantitative estimate of drug-likeness (QED) is 0.723. The molecule has 0 spiro atoms. The van der Waals surface area contributed by atoms with Crippen molar-refractivity contribution in [3.63, 3.8) is 0 Å². The molecule has 0 saturated carbocycles. The Bertz CT molecular complexity index is 276. The van der Waals surface area contributed by atoms with E-state index in [-0.39, 0.29) is 5.82 Å². The Kier molecular flexibility index (Phi) is 3.71. The normalized spacial score (nSPS) is 10.1. The van der Waals surface area contributed by atoms with E-state index in [2.05, 4.69) is 0 Å². The van der Waals surface area contributed by atoms with Crippen LogP contribution < -0.4 is 10.5 Å². The lowest BCUT2D eigenvalue weighted by atomic mass is 10.2. The molecule has 0 fully saturated rings. The monoisotopic (exact) mass is 183 g/mol. The summed E-state index contributed by atoms with van der Waals surface area (Å²) in [5.74, 6) is 0.0352. The van der Waals surface area contributed by atoms with Crippen LogP contribution in [0.2, 0.25) is 0 Å². The fourth-order valence-electron chi connectivity index (χ4n) is 0.997. The first-order valence-corrected chi connectivity index (χ1v) is 4.33. The summed E-state index contributed by atoms with van der Waals surface area (Å²) in [4.78, 5) is 0. The first-order chi connectivity index (χ1) is 6.25. The Hall–Kier alpha value is -1.09. The third kappa shape index (κ3) is 2.70. The number of nitrogens with two attached hydrogens (primary N) is 1. The van der Waals surface area contributed by atoms with Gasteiger partial charge in [-0.05, 0) is 31.5 Å². The van der Waals surface area contributed by atoms with Gasteiger partial charge >= 0.3 is 0 Å². The summed E-state index contributed by atoms with van der Waals surface area (Å²) in [6, 6.07) is 5.11. The van der Waals surface area contributed by atoms with Gasteiger partial charge in [-0.1, -0.05) is 12.1 Å². The van der Waals surface area contributed by atoms with Crippen molar-refractivity contribution < 1.29 is 9.13 Å². The number of rotatable bonds is 4. The van der Waals surface area contributed by atoms with Crippen molar-refractivity contribution in [2.75, 3.05) is 13.2 Å². The van der Waals surface area contributed by atoms with Crippen molar-refractivity contribution in [1.82, 2.24) is 0 Å². The van der Waals surface area contributed by atoms with Crippen LogP contribution >= 0.6 is 0 Å². The molecule has 2 nitrogen and oxygen atoms in total. The summed E-state index contributed by atoms with van der Waals surface area (Å²) < 4.78 is 18.5. The van der Waals surface area contributed by atoms with E-state index in [9.17, 15) is 4.39 Å². The molecule has 2 N–H and O–H groups in total. The highest BCUT2D eigenvalue weighted by molar-refractivity contribution is 5.29. The molecule has 0 atom stereocenters. The highest BCUT2D eigenvalue weighted by Gasteiger charge is 2.04. The van der Waals surface area contributed by atoms with Gasteiger partial charge in [0.05, 0.1) is 6.61 Å². The summed E-state index contributed by atoms with van der Waals surface area (Å²) in [6.07, 6.45) is 0.743. The number of benzene rings is 1. The third-order valence-electron chi connectivity index (χ3n) is 1.76. The molecule has 0 aromatic heterocycles. The molecule has 0 amide bonds. The molecule has 0 saturated heterocycles. The molecule has 0 aliphatic rings. The van der Waals surface area contributed by atoms with E-state index in [1.807, 2.05) is 0 Å². The zero-order chi connectivity index (χ0) is 9.68. The minimum absolute atomic E-state index is 0.278. The lowest BCUT2D eigenvalue weighted by Gasteiger charge is -2.07. The minimum Gasteiger partial charge on any atom is -0.490 e. The second kappa shape index (κ2) is 4.82. The van der Waals surface area contributed by atoms with Crippen molar-refractivity contribution in [3.8, 4) is 5.75 Å². The van der Waals surface area contributed by atoms with E-state index in [0.29, 0.717) is 24.5 Å². The third-order valence-corrected chi connectivity index (χ3v) is 1.76. The van der Waals surface area contributed by atoms with Crippen LogP contribution in [-0.4, -0.2) is 13.2 Å². The van der Waals surface area contributed by atoms with Crippen LogP contribution in [0.25, 0.3) is 0 Å². The number of ether oxygens (including phenoxy) is 1. The van der Waals surface area contributed by atoms with E-state index in [4.69, 9.17) is 10.5 Å². The van der Waals surface area contributed by atoms with E-state index < -0.39 is 0 Å². The molecule has 0 unspecified atom stereocenters. The maximum atomic E-state index is 13.3. The number of aryl methyl sites for hydroxylation is 1. The molecule has 72 valence electrons. The Balaban J connectivity index is 2.61. The van der Waals surface area contributed by atoms with Gasteiger partial charge in [0.1, 0.15) is 0 Å². The second-order valence-corrected chi connectivity index (χ2v) is 2.88. The van der Waals surface area contributed by atoms with Crippen LogP contribution in [0, 0.1) is 12.7 Å². The SMILES string of the molecule is Cc1cccc(OCCCN)c1F. The van der Waals surface area contributed by atoms with Crippen molar-refractivity contribution >= 4 is 0 Å². The Labute approximate surface area is 77.5 Å². The summed E-state index contributed by atoms with van der Waals surface area (Å²) in [5.41, 5.74) is 5.89. The fourth-order valence-corrected chi connectivity index (χ4v) is 0.997. The van der Waals surface area contributed by atoms with Crippen molar-refractivity contribution in [1.29, 1.82) is 0 Å². The number of hydrogen-bond acceptors (Lipinski definition) is 2. The maximum absolute atomic E-state index is 13.3. The van der Waals surface area contributed by atoms with Gasteiger partial charge in [-0.25, -0.2) is 4.39 Å². The standard InChI is InChI=1S/C10H14FNO/c1-8-4-2-5-9(10(8)11)13-7-3-6-12/h2,4-5H,3,6-7,12H2,1H3. The molecule has 0 bridgehead atoms. The average molecular weight is 183 g/mol. The molecular formula is C10H14FNO. The second-order valence-electron chi connectivity index (χ2n) is 2.88. The lowest BCUT2D eigenvalue weighted by molar-refractivity contribution is 0.297. The van der Waals surface area contributed by atoms with Crippen LogP contribution in [0.1, 0.15) is 12.0 Å². The van der Waals surface area contributed by atoms with Crippen molar-refractivity contribution in [3.05, 3.63) is 29.6 Å². The molecule has 0 aliphatic carbocycles. The molecule has 0 aliphatic heterocycles. The number of hydrogen-bond donors (Lipinski definition) is 1. The summed E-state index contributed by atoms with van der Waals surface area (Å²) in [6.45, 7) is 2.75. The topological polar surface area (TPSA) is 35.2 Å². The first kappa shape index (κ1) is 9.99. The predicted octanol–water partition coefficient (Wildman–Crippen LogP) is 1.86. The summed E-state index contributed by atoms with van der Waals surface area (Å²) in [5, 5.41) is 0. The van der Waals surface area contributed by atoms with Crippen LogP contribution in [0.4, 0.5) is 4.39 Å². The highest BCUT2D eigenvalue weighted by atomic mass is 19.1. The van der Waals surface area contributed by atoms with Crippen LogP contribution in [0.5, 0.6) is 5.75 Å². The van der Waals surface area contributed by atoms with Crippen LogP contribution in [0.15, 0.2) is 18.2 Å². The Morgan fingerprint density at radius 1 is 1.46 bits per heavy atom. The molecule has 1 aromatic carbocycles. The van der Waals surface area contributed by atoms with Gasteiger partial charge in [0.2, 0.25) is 0 Å². The number of halogens is 1. The molecule has 13 heavy (non-hydrogen) atoms.